The van der Waals surface area contributed by atoms with Gasteiger partial charge in [0.05, 0.1) is 16.9 Å². The second-order valence-corrected chi connectivity index (χ2v) is 7.81. The summed E-state index contributed by atoms with van der Waals surface area (Å²) in [4.78, 5) is 9.89. The molecule has 6 rings (SSSR count). The van der Waals surface area contributed by atoms with Gasteiger partial charge in [-0.1, -0.05) is 71.8 Å². The summed E-state index contributed by atoms with van der Waals surface area (Å²) in [5.74, 6) is 0.866. The van der Waals surface area contributed by atoms with E-state index in [0.29, 0.717) is 0 Å². The van der Waals surface area contributed by atoms with E-state index in [2.05, 4.69) is 95.4 Å². The molecule has 0 aliphatic heterocycles. The van der Waals surface area contributed by atoms with Gasteiger partial charge in [0, 0.05) is 28.9 Å². The Balaban J connectivity index is 1.83. The Labute approximate surface area is 174 Å². The predicted molar refractivity (Wildman–Crippen MR) is 122 cm³/mol. The molecule has 3 aromatic carbocycles. The van der Waals surface area contributed by atoms with Crippen molar-refractivity contribution >= 4 is 22.3 Å². The van der Waals surface area contributed by atoms with Crippen molar-refractivity contribution in [2.24, 2.45) is 0 Å². The normalized spacial score (nSPS) is 11.7. The van der Waals surface area contributed by atoms with Crippen LogP contribution < -0.4 is 0 Å². The molecule has 0 radical (unpaired) electrons. The number of imidazole rings is 2. The van der Waals surface area contributed by atoms with Gasteiger partial charge in [0.15, 0.2) is 0 Å². The summed E-state index contributed by atoms with van der Waals surface area (Å²) in [5.41, 5.74) is 8.78. The summed E-state index contributed by atoms with van der Waals surface area (Å²) in [6, 6.07) is 25.6. The van der Waals surface area contributed by atoms with E-state index in [4.69, 9.17) is 9.97 Å². The average molecular weight is 388 g/mol. The van der Waals surface area contributed by atoms with Crippen molar-refractivity contribution in [1.29, 1.82) is 0 Å². The number of aromatic nitrogens is 4. The highest BCUT2D eigenvalue weighted by atomic mass is 15.2. The molecule has 0 atom stereocenters. The maximum Gasteiger partial charge on any atom is 0.220 e. The molecule has 0 saturated heterocycles. The van der Waals surface area contributed by atoms with Gasteiger partial charge in [-0.3, -0.25) is 8.80 Å². The molecule has 144 valence electrons. The summed E-state index contributed by atoms with van der Waals surface area (Å²) in [7, 11) is 0. The van der Waals surface area contributed by atoms with Crippen molar-refractivity contribution in [3.05, 3.63) is 96.3 Å². The second-order valence-electron chi connectivity index (χ2n) is 7.81. The average Bonchev–Trinajstić information content (AvgIpc) is 3.40. The van der Waals surface area contributed by atoms with Gasteiger partial charge in [0.1, 0.15) is 5.65 Å². The molecule has 4 nitrogen and oxygen atoms in total. The molecule has 3 aromatic heterocycles. The number of fused-ring (bicyclic) bond motifs is 6. The lowest BCUT2D eigenvalue weighted by Crippen LogP contribution is -1.99. The molecule has 0 aliphatic rings. The Morgan fingerprint density at radius 3 is 2.13 bits per heavy atom. The minimum atomic E-state index is 0.866. The topological polar surface area (TPSA) is 34.6 Å². The van der Waals surface area contributed by atoms with E-state index in [1.54, 1.807) is 0 Å². The first-order chi connectivity index (χ1) is 14.7. The molecule has 0 amide bonds. The van der Waals surface area contributed by atoms with Crippen molar-refractivity contribution in [2.75, 3.05) is 0 Å². The van der Waals surface area contributed by atoms with Crippen LogP contribution in [-0.4, -0.2) is 18.8 Å². The standard InChI is InChI=1S/C26H20N4/c1-17-7-11-19(12-8-17)23-24(20-13-9-18(2)10-14-20)30-25(28-23)21-5-3-4-6-22(21)29-16-15-27-26(29)30/h3-16H,1-2H3. The molecule has 0 aliphatic carbocycles. The summed E-state index contributed by atoms with van der Waals surface area (Å²) in [5, 5.41) is 1.11. The van der Waals surface area contributed by atoms with Crippen molar-refractivity contribution in [3.8, 4) is 22.5 Å². The van der Waals surface area contributed by atoms with E-state index in [0.717, 1.165) is 44.8 Å². The van der Waals surface area contributed by atoms with Gasteiger partial charge in [-0.15, -0.1) is 0 Å². The third-order valence-corrected chi connectivity index (χ3v) is 5.75. The first-order valence-electron chi connectivity index (χ1n) is 10.1. The molecule has 4 heteroatoms. The van der Waals surface area contributed by atoms with E-state index in [1.807, 2.05) is 12.4 Å². The van der Waals surface area contributed by atoms with Crippen molar-refractivity contribution in [2.45, 2.75) is 13.8 Å². The number of para-hydroxylation sites is 1. The van der Waals surface area contributed by atoms with E-state index >= 15 is 0 Å². The van der Waals surface area contributed by atoms with Crippen molar-refractivity contribution in [1.82, 2.24) is 18.8 Å². The van der Waals surface area contributed by atoms with E-state index in [9.17, 15) is 0 Å². The molecule has 6 aromatic rings. The van der Waals surface area contributed by atoms with Crippen LogP contribution in [0.3, 0.4) is 0 Å². The van der Waals surface area contributed by atoms with Gasteiger partial charge in [-0.2, -0.15) is 0 Å². The molecule has 0 spiro atoms. The maximum atomic E-state index is 5.18. The van der Waals surface area contributed by atoms with Crippen LogP contribution in [0.5, 0.6) is 0 Å². The molecular weight excluding hydrogens is 368 g/mol. The Bertz CT molecular complexity index is 1530. The monoisotopic (exact) mass is 388 g/mol. The van der Waals surface area contributed by atoms with Crippen LogP contribution in [0.15, 0.2) is 85.2 Å². The van der Waals surface area contributed by atoms with Gasteiger partial charge in [0.2, 0.25) is 5.78 Å². The van der Waals surface area contributed by atoms with Crippen LogP contribution >= 0.6 is 0 Å². The number of hydrogen-bond donors (Lipinski definition) is 0. The fourth-order valence-corrected chi connectivity index (χ4v) is 4.21. The number of aryl methyl sites for hydroxylation is 2. The first-order valence-corrected chi connectivity index (χ1v) is 10.1. The highest BCUT2D eigenvalue weighted by molar-refractivity contribution is 5.97. The van der Waals surface area contributed by atoms with E-state index in [-0.39, 0.29) is 0 Å². The van der Waals surface area contributed by atoms with Gasteiger partial charge in [-0.05, 0) is 26.0 Å². The van der Waals surface area contributed by atoms with Crippen LogP contribution in [0.4, 0.5) is 0 Å². The minimum absolute atomic E-state index is 0.866. The van der Waals surface area contributed by atoms with Crippen molar-refractivity contribution < 1.29 is 0 Å². The first kappa shape index (κ1) is 17.0. The minimum Gasteiger partial charge on any atom is -0.285 e. The van der Waals surface area contributed by atoms with Crippen LogP contribution in [-0.2, 0) is 0 Å². The zero-order valence-electron chi connectivity index (χ0n) is 16.9. The molecule has 0 N–H and O–H groups in total. The molecule has 0 unspecified atom stereocenters. The SMILES string of the molecule is Cc1ccc(-c2nc3c4ccccc4n4ccnc4n3c2-c2ccc(C)cc2)cc1. The zero-order valence-corrected chi connectivity index (χ0v) is 16.9. The molecule has 0 bridgehead atoms. The van der Waals surface area contributed by atoms with Gasteiger partial charge in [-0.25, -0.2) is 9.97 Å². The molecule has 0 fully saturated rings. The number of nitrogens with zero attached hydrogens (tertiary/aromatic N) is 4. The lowest BCUT2D eigenvalue weighted by molar-refractivity contribution is 1.11. The Morgan fingerprint density at radius 2 is 1.40 bits per heavy atom. The number of rotatable bonds is 2. The molecule has 30 heavy (non-hydrogen) atoms. The van der Waals surface area contributed by atoms with E-state index in [1.165, 1.54) is 11.1 Å². The van der Waals surface area contributed by atoms with Crippen LogP contribution in [0.1, 0.15) is 11.1 Å². The summed E-state index contributed by atoms with van der Waals surface area (Å²) in [6.07, 6.45) is 3.87. The Hall–Kier alpha value is -3.92. The third-order valence-electron chi connectivity index (χ3n) is 5.75. The molecule has 3 heterocycles. The Morgan fingerprint density at radius 1 is 0.733 bits per heavy atom. The second kappa shape index (κ2) is 6.29. The lowest BCUT2D eigenvalue weighted by Gasteiger charge is -2.10. The fourth-order valence-electron chi connectivity index (χ4n) is 4.21. The van der Waals surface area contributed by atoms with Crippen molar-refractivity contribution in [3.63, 3.8) is 0 Å². The lowest BCUT2D eigenvalue weighted by atomic mass is 10.0. The summed E-state index contributed by atoms with van der Waals surface area (Å²) >= 11 is 0. The highest BCUT2D eigenvalue weighted by Crippen LogP contribution is 2.36. The van der Waals surface area contributed by atoms with Gasteiger partial charge >= 0.3 is 0 Å². The van der Waals surface area contributed by atoms with Crippen LogP contribution in [0, 0.1) is 13.8 Å². The number of hydrogen-bond acceptors (Lipinski definition) is 2. The molecule has 0 saturated carbocycles. The largest absolute Gasteiger partial charge is 0.285 e. The third kappa shape index (κ3) is 2.40. The van der Waals surface area contributed by atoms with Crippen LogP contribution in [0.25, 0.3) is 44.8 Å². The predicted octanol–water partition coefficient (Wildman–Crippen LogP) is 6.09. The van der Waals surface area contributed by atoms with Gasteiger partial charge < -0.3 is 0 Å². The Kier molecular flexibility index (Phi) is 3.56. The summed E-state index contributed by atoms with van der Waals surface area (Å²) in [6.45, 7) is 4.22. The maximum absolute atomic E-state index is 5.18. The zero-order chi connectivity index (χ0) is 20.2. The smallest absolute Gasteiger partial charge is 0.220 e. The highest BCUT2D eigenvalue weighted by Gasteiger charge is 2.21. The van der Waals surface area contributed by atoms with E-state index < -0.39 is 0 Å². The molecular formula is C26H20N4. The summed E-state index contributed by atoms with van der Waals surface area (Å²) < 4.78 is 4.34. The number of benzene rings is 3. The fraction of sp³-hybridized carbons (Fsp3) is 0.0769. The van der Waals surface area contributed by atoms with Crippen LogP contribution in [0.2, 0.25) is 0 Å². The quantitative estimate of drug-likeness (QED) is 0.360. The van der Waals surface area contributed by atoms with Gasteiger partial charge in [0.25, 0.3) is 0 Å².